The summed E-state index contributed by atoms with van der Waals surface area (Å²) in [6.45, 7) is 0. The topological polar surface area (TPSA) is 85.0 Å². The number of nitrogens with one attached hydrogen (secondary N) is 2. The van der Waals surface area contributed by atoms with Gasteiger partial charge in [0.05, 0.1) is 5.69 Å². The number of aryl methyl sites for hydroxylation is 1. The van der Waals surface area contributed by atoms with Gasteiger partial charge >= 0.3 is 0 Å². The summed E-state index contributed by atoms with van der Waals surface area (Å²) in [5.74, 6) is -0.990. The minimum atomic E-state index is -0.655. The minimum absolute atomic E-state index is 0.0933. The van der Waals surface area contributed by atoms with Crippen LogP contribution in [0.5, 0.6) is 0 Å². The van der Waals surface area contributed by atoms with Crippen LogP contribution in [0, 0.1) is 5.82 Å². The number of carbonyl (C=O) groups excluding carboxylic acids is 1. The van der Waals surface area contributed by atoms with Crippen molar-refractivity contribution in [1.82, 2.24) is 9.78 Å². The third kappa shape index (κ3) is 3.29. The zero-order valence-electron chi connectivity index (χ0n) is 10.6. The molecule has 0 radical (unpaired) electrons. The lowest BCUT2D eigenvalue weighted by Crippen LogP contribution is -2.21. The Bertz CT molecular complexity index is 652. The highest BCUT2D eigenvalue weighted by Gasteiger charge is 2.13. The van der Waals surface area contributed by atoms with E-state index in [0.29, 0.717) is 11.4 Å². The summed E-state index contributed by atoms with van der Waals surface area (Å²) in [7, 11) is 1.66. The van der Waals surface area contributed by atoms with Crippen LogP contribution in [0.3, 0.4) is 0 Å². The van der Waals surface area contributed by atoms with Crippen LogP contribution < -0.4 is 16.4 Å². The number of hydrogen-bond acceptors (Lipinski definition) is 3. The number of halogens is 1. The van der Waals surface area contributed by atoms with E-state index in [-0.39, 0.29) is 16.6 Å². The molecular formula is C12H12FN5OS. The van der Waals surface area contributed by atoms with Gasteiger partial charge in [-0.1, -0.05) is 0 Å². The van der Waals surface area contributed by atoms with E-state index in [1.54, 1.807) is 25.4 Å². The largest absolute Gasteiger partial charge is 0.364 e. The first-order chi connectivity index (χ1) is 9.45. The molecule has 6 nitrogen and oxygen atoms in total. The van der Waals surface area contributed by atoms with E-state index in [9.17, 15) is 9.18 Å². The van der Waals surface area contributed by atoms with Gasteiger partial charge in [-0.05, 0) is 36.5 Å². The van der Waals surface area contributed by atoms with E-state index < -0.39 is 5.91 Å². The van der Waals surface area contributed by atoms with Crippen molar-refractivity contribution in [1.29, 1.82) is 0 Å². The number of primary amides is 1. The average molecular weight is 293 g/mol. The number of rotatable bonds is 3. The first-order valence-electron chi connectivity index (χ1n) is 5.62. The van der Waals surface area contributed by atoms with Gasteiger partial charge in [0, 0.05) is 18.9 Å². The molecule has 1 amide bonds. The molecule has 0 bridgehead atoms. The normalized spacial score (nSPS) is 10.1. The number of benzene rings is 1. The molecule has 0 aliphatic rings. The number of nitrogens with two attached hydrogens (primary N) is 1. The number of hydrogen-bond donors (Lipinski definition) is 3. The number of aromatic nitrogens is 2. The molecule has 0 unspecified atom stereocenters. The molecule has 8 heteroatoms. The van der Waals surface area contributed by atoms with Gasteiger partial charge in [-0.2, -0.15) is 5.10 Å². The molecule has 1 aromatic carbocycles. The van der Waals surface area contributed by atoms with Crippen LogP contribution in [0.4, 0.5) is 15.8 Å². The van der Waals surface area contributed by atoms with Gasteiger partial charge in [0.1, 0.15) is 5.82 Å². The van der Waals surface area contributed by atoms with Crippen molar-refractivity contribution in [3.05, 3.63) is 42.0 Å². The van der Waals surface area contributed by atoms with Crippen molar-refractivity contribution in [3.63, 3.8) is 0 Å². The van der Waals surface area contributed by atoms with E-state index in [0.717, 1.165) is 0 Å². The van der Waals surface area contributed by atoms with Crippen LogP contribution >= 0.6 is 12.2 Å². The van der Waals surface area contributed by atoms with Crippen molar-refractivity contribution in [3.8, 4) is 0 Å². The summed E-state index contributed by atoms with van der Waals surface area (Å²) in [4.78, 5) is 11.2. The van der Waals surface area contributed by atoms with E-state index in [1.807, 2.05) is 0 Å². The van der Waals surface area contributed by atoms with Crippen molar-refractivity contribution < 1.29 is 9.18 Å². The second kappa shape index (κ2) is 5.66. The van der Waals surface area contributed by atoms with Crippen LogP contribution in [0.1, 0.15) is 10.5 Å². The third-order valence-corrected chi connectivity index (χ3v) is 2.62. The summed E-state index contributed by atoms with van der Waals surface area (Å²) in [5.41, 5.74) is 6.33. The van der Waals surface area contributed by atoms with Crippen LogP contribution in [-0.4, -0.2) is 20.8 Å². The fourth-order valence-corrected chi connectivity index (χ4v) is 1.81. The highest BCUT2D eigenvalue weighted by atomic mass is 32.1. The minimum Gasteiger partial charge on any atom is -0.364 e. The standard InChI is InChI=1S/C12H12FN5OS/c1-18-6-9(10(17-18)11(14)19)16-12(20)15-8-4-2-7(13)3-5-8/h2-6H,1H3,(H2,14,19)(H2,15,16,20). The van der Waals surface area contributed by atoms with Crippen LogP contribution in [0.25, 0.3) is 0 Å². The zero-order valence-corrected chi connectivity index (χ0v) is 11.4. The first-order valence-corrected chi connectivity index (χ1v) is 6.03. The monoisotopic (exact) mass is 293 g/mol. The van der Waals surface area contributed by atoms with Crippen molar-refractivity contribution in [2.75, 3.05) is 10.6 Å². The number of amides is 1. The Labute approximate surface area is 119 Å². The maximum absolute atomic E-state index is 12.8. The number of carbonyl (C=O) groups is 1. The van der Waals surface area contributed by atoms with Crippen LogP contribution in [0.15, 0.2) is 30.5 Å². The molecule has 0 saturated heterocycles. The first kappa shape index (κ1) is 13.9. The lowest BCUT2D eigenvalue weighted by Gasteiger charge is -2.09. The molecule has 1 aromatic heterocycles. The summed E-state index contributed by atoms with van der Waals surface area (Å²) in [6.07, 6.45) is 1.58. The molecule has 0 atom stereocenters. The average Bonchev–Trinajstić information content (AvgIpc) is 2.73. The van der Waals surface area contributed by atoms with Gasteiger partial charge in [-0.15, -0.1) is 0 Å². The highest BCUT2D eigenvalue weighted by Crippen LogP contribution is 2.14. The molecule has 20 heavy (non-hydrogen) atoms. The molecule has 2 rings (SSSR count). The number of thiocarbonyl (C=S) groups is 1. The van der Waals surface area contributed by atoms with Crippen molar-refractivity contribution >= 4 is 34.6 Å². The summed E-state index contributed by atoms with van der Waals surface area (Å²) < 4.78 is 14.2. The molecule has 4 N–H and O–H groups in total. The van der Waals surface area contributed by atoms with Crippen molar-refractivity contribution in [2.24, 2.45) is 12.8 Å². The molecule has 1 heterocycles. The Kier molecular flexibility index (Phi) is 3.94. The molecule has 0 aliphatic carbocycles. The van der Waals surface area contributed by atoms with Gasteiger partial charge in [0.15, 0.2) is 10.8 Å². The SMILES string of the molecule is Cn1cc(NC(=S)Nc2ccc(F)cc2)c(C(N)=O)n1. The zero-order chi connectivity index (χ0) is 14.7. The molecule has 0 saturated carbocycles. The van der Waals surface area contributed by atoms with E-state index >= 15 is 0 Å². The Morgan fingerprint density at radius 3 is 2.60 bits per heavy atom. The molecule has 104 valence electrons. The maximum atomic E-state index is 12.8. The molecule has 0 aliphatic heterocycles. The smallest absolute Gasteiger partial charge is 0.271 e. The fourth-order valence-electron chi connectivity index (χ4n) is 1.58. The Morgan fingerprint density at radius 2 is 2.00 bits per heavy atom. The summed E-state index contributed by atoms with van der Waals surface area (Å²) in [5, 5.41) is 9.84. The lowest BCUT2D eigenvalue weighted by atomic mass is 10.3. The van der Waals surface area contributed by atoms with E-state index in [2.05, 4.69) is 15.7 Å². The van der Waals surface area contributed by atoms with Gasteiger partial charge in [-0.25, -0.2) is 4.39 Å². The third-order valence-electron chi connectivity index (χ3n) is 2.41. The van der Waals surface area contributed by atoms with Crippen LogP contribution in [-0.2, 0) is 7.05 Å². The Balaban J connectivity index is 2.08. The summed E-state index contributed by atoms with van der Waals surface area (Å²) >= 11 is 5.10. The predicted molar refractivity (Wildman–Crippen MR) is 78.0 cm³/mol. The maximum Gasteiger partial charge on any atom is 0.271 e. The molecule has 2 aromatic rings. The fraction of sp³-hybridized carbons (Fsp3) is 0.0833. The van der Waals surface area contributed by atoms with E-state index in [1.165, 1.54) is 16.8 Å². The predicted octanol–water partition coefficient (Wildman–Crippen LogP) is 1.47. The van der Waals surface area contributed by atoms with Gasteiger partial charge < -0.3 is 16.4 Å². The van der Waals surface area contributed by atoms with Gasteiger partial charge in [0.2, 0.25) is 0 Å². The second-order valence-corrected chi connectivity index (χ2v) is 4.42. The second-order valence-electron chi connectivity index (χ2n) is 4.02. The Hall–Kier alpha value is -2.48. The highest BCUT2D eigenvalue weighted by molar-refractivity contribution is 7.80. The lowest BCUT2D eigenvalue weighted by molar-refractivity contribution is 0.0995. The molecular weight excluding hydrogens is 281 g/mol. The molecule has 0 fully saturated rings. The van der Waals surface area contributed by atoms with Crippen molar-refractivity contribution in [2.45, 2.75) is 0 Å². The number of anilines is 2. The van der Waals surface area contributed by atoms with E-state index in [4.69, 9.17) is 18.0 Å². The number of nitrogens with zero attached hydrogens (tertiary/aromatic N) is 2. The van der Waals surface area contributed by atoms with Crippen LogP contribution in [0.2, 0.25) is 0 Å². The Morgan fingerprint density at radius 1 is 1.35 bits per heavy atom. The van der Waals surface area contributed by atoms with Gasteiger partial charge in [-0.3, -0.25) is 9.48 Å². The summed E-state index contributed by atoms with van der Waals surface area (Å²) in [6, 6.07) is 5.71. The quantitative estimate of drug-likeness (QED) is 0.746. The molecule has 0 spiro atoms. The van der Waals surface area contributed by atoms with Gasteiger partial charge in [0.25, 0.3) is 5.91 Å².